The number of hydrogen-bond acceptors (Lipinski definition) is 4. The Morgan fingerprint density at radius 2 is 1.85 bits per heavy atom. The van der Waals surface area contributed by atoms with Crippen LogP contribution in [0.2, 0.25) is 0 Å². The van der Waals surface area contributed by atoms with Gasteiger partial charge in [0.1, 0.15) is 5.52 Å². The van der Waals surface area contributed by atoms with Gasteiger partial charge in [0.15, 0.2) is 5.58 Å². The minimum absolute atomic E-state index is 0.658. The molecule has 0 aliphatic rings. The van der Waals surface area contributed by atoms with Crippen molar-refractivity contribution in [1.29, 1.82) is 0 Å². The smallest absolute Gasteiger partial charge is 0.298 e. The summed E-state index contributed by atoms with van der Waals surface area (Å²) in [6.07, 6.45) is 0. The van der Waals surface area contributed by atoms with Crippen molar-refractivity contribution in [3.05, 3.63) is 54.1 Å². The summed E-state index contributed by atoms with van der Waals surface area (Å²) in [6, 6.07) is 16.3. The Bertz CT molecular complexity index is 670. The number of para-hydroxylation sites is 2. The van der Waals surface area contributed by atoms with Crippen LogP contribution in [0, 0.1) is 0 Å². The van der Waals surface area contributed by atoms with Crippen molar-refractivity contribution in [3.8, 4) is 0 Å². The second-order valence-corrected chi connectivity index (χ2v) is 4.72. The molecular weight excluding hydrogens is 250 g/mol. The average Bonchev–Trinajstić information content (AvgIpc) is 2.90. The van der Waals surface area contributed by atoms with Crippen LogP contribution in [-0.4, -0.2) is 11.5 Å². The average molecular weight is 267 g/mol. The molecule has 0 saturated carbocycles. The molecule has 0 bridgehead atoms. The number of nitrogen functional groups attached to an aromatic ring is 1. The van der Waals surface area contributed by atoms with Gasteiger partial charge in [-0.05, 0) is 36.8 Å². The first-order valence-corrected chi connectivity index (χ1v) is 6.71. The molecule has 0 aliphatic carbocycles. The van der Waals surface area contributed by atoms with Gasteiger partial charge >= 0.3 is 0 Å². The van der Waals surface area contributed by atoms with Gasteiger partial charge in [-0.25, -0.2) is 0 Å². The first-order valence-electron chi connectivity index (χ1n) is 6.71. The molecule has 0 amide bonds. The van der Waals surface area contributed by atoms with Gasteiger partial charge in [0.2, 0.25) is 0 Å². The summed E-state index contributed by atoms with van der Waals surface area (Å²) >= 11 is 0. The van der Waals surface area contributed by atoms with E-state index in [-0.39, 0.29) is 0 Å². The second-order valence-electron chi connectivity index (χ2n) is 4.72. The van der Waals surface area contributed by atoms with E-state index in [0.29, 0.717) is 6.01 Å². The maximum atomic E-state index is 5.81. The minimum Gasteiger partial charge on any atom is -0.423 e. The van der Waals surface area contributed by atoms with E-state index in [0.717, 1.165) is 29.9 Å². The fraction of sp³-hybridized carbons (Fsp3) is 0.188. The first kappa shape index (κ1) is 12.5. The number of rotatable bonds is 4. The summed E-state index contributed by atoms with van der Waals surface area (Å²) in [7, 11) is 0. The Hall–Kier alpha value is -2.49. The highest BCUT2D eigenvalue weighted by molar-refractivity contribution is 5.74. The van der Waals surface area contributed by atoms with E-state index in [9.17, 15) is 0 Å². The van der Waals surface area contributed by atoms with Gasteiger partial charge in [0.05, 0.1) is 0 Å². The third kappa shape index (κ3) is 2.45. The van der Waals surface area contributed by atoms with Crippen LogP contribution in [0.25, 0.3) is 11.1 Å². The van der Waals surface area contributed by atoms with E-state index in [2.05, 4.69) is 16.8 Å². The Morgan fingerprint density at radius 1 is 1.10 bits per heavy atom. The number of hydrogen-bond donors (Lipinski definition) is 1. The van der Waals surface area contributed by atoms with Crippen LogP contribution in [0.5, 0.6) is 0 Å². The summed E-state index contributed by atoms with van der Waals surface area (Å²) < 4.78 is 5.81. The zero-order valence-corrected chi connectivity index (χ0v) is 11.4. The monoisotopic (exact) mass is 267 g/mol. The molecule has 0 saturated heterocycles. The van der Waals surface area contributed by atoms with Gasteiger partial charge in [-0.1, -0.05) is 24.3 Å². The van der Waals surface area contributed by atoms with Crippen LogP contribution in [-0.2, 0) is 6.54 Å². The molecule has 0 spiro atoms. The third-order valence-electron chi connectivity index (χ3n) is 3.29. The minimum atomic E-state index is 0.658. The molecule has 0 radical (unpaired) electrons. The lowest BCUT2D eigenvalue weighted by atomic mass is 10.2. The summed E-state index contributed by atoms with van der Waals surface area (Å²) in [6.45, 7) is 3.67. The standard InChI is InChI=1S/C16H17N3O/c1-2-19(11-12-7-9-13(17)10-8-12)16-18-14-5-3-4-6-15(14)20-16/h3-10H,2,11,17H2,1H3. The Labute approximate surface area is 117 Å². The van der Waals surface area contributed by atoms with E-state index in [1.165, 1.54) is 5.56 Å². The van der Waals surface area contributed by atoms with Crippen molar-refractivity contribution in [2.45, 2.75) is 13.5 Å². The number of nitrogens with two attached hydrogens (primary N) is 1. The highest BCUT2D eigenvalue weighted by Crippen LogP contribution is 2.23. The predicted molar refractivity (Wildman–Crippen MR) is 81.6 cm³/mol. The summed E-state index contributed by atoms with van der Waals surface area (Å²) in [5, 5.41) is 0. The second kappa shape index (κ2) is 5.25. The first-order chi connectivity index (χ1) is 9.76. The third-order valence-corrected chi connectivity index (χ3v) is 3.29. The molecule has 0 unspecified atom stereocenters. The van der Waals surface area contributed by atoms with Crippen molar-refractivity contribution in [1.82, 2.24) is 4.98 Å². The molecule has 2 aromatic carbocycles. The molecule has 102 valence electrons. The number of aromatic nitrogens is 1. The largest absolute Gasteiger partial charge is 0.423 e. The normalized spacial score (nSPS) is 10.8. The van der Waals surface area contributed by atoms with Crippen molar-refractivity contribution < 1.29 is 4.42 Å². The van der Waals surface area contributed by atoms with Crippen molar-refractivity contribution >= 4 is 22.8 Å². The Morgan fingerprint density at radius 3 is 2.55 bits per heavy atom. The Balaban J connectivity index is 1.87. The van der Waals surface area contributed by atoms with E-state index >= 15 is 0 Å². The van der Waals surface area contributed by atoms with Gasteiger partial charge < -0.3 is 15.1 Å². The summed E-state index contributed by atoms with van der Waals surface area (Å²) in [5.74, 6) is 0. The van der Waals surface area contributed by atoms with Gasteiger partial charge in [0, 0.05) is 18.8 Å². The maximum absolute atomic E-state index is 5.81. The predicted octanol–water partition coefficient (Wildman–Crippen LogP) is 3.44. The number of oxazole rings is 1. The van der Waals surface area contributed by atoms with Crippen molar-refractivity contribution in [2.75, 3.05) is 17.2 Å². The lowest BCUT2D eigenvalue weighted by Gasteiger charge is -2.18. The molecule has 4 nitrogen and oxygen atoms in total. The lowest BCUT2D eigenvalue weighted by molar-refractivity contribution is 0.569. The van der Waals surface area contributed by atoms with Crippen LogP contribution < -0.4 is 10.6 Å². The lowest BCUT2D eigenvalue weighted by Crippen LogP contribution is -2.22. The van der Waals surface area contributed by atoms with E-state index in [1.807, 2.05) is 48.5 Å². The molecule has 4 heteroatoms. The molecule has 0 aliphatic heterocycles. The van der Waals surface area contributed by atoms with E-state index < -0.39 is 0 Å². The molecule has 20 heavy (non-hydrogen) atoms. The van der Waals surface area contributed by atoms with Crippen molar-refractivity contribution in [2.24, 2.45) is 0 Å². The highest BCUT2D eigenvalue weighted by Gasteiger charge is 2.12. The topological polar surface area (TPSA) is 55.3 Å². The van der Waals surface area contributed by atoms with Crippen LogP contribution in [0.3, 0.4) is 0 Å². The molecule has 1 heterocycles. The van der Waals surface area contributed by atoms with E-state index in [1.54, 1.807) is 0 Å². The van der Waals surface area contributed by atoms with Crippen LogP contribution >= 0.6 is 0 Å². The Kier molecular flexibility index (Phi) is 3.29. The molecule has 0 atom stereocenters. The number of benzene rings is 2. The zero-order valence-electron chi connectivity index (χ0n) is 11.4. The van der Waals surface area contributed by atoms with Crippen molar-refractivity contribution in [3.63, 3.8) is 0 Å². The summed E-state index contributed by atoms with van der Waals surface area (Å²) in [4.78, 5) is 6.63. The van der Waals surface area contributed by atoms with Gasteiger partial charge in [-0.2, -0.15) is 4.98 Å². The number of anilines is 2. The van der Waals surface area contributed by atoms with E-state index in [4.69, 9.17) is 10.2 Å². The van der Waals surface area contributed by atoms with Gasteiger partial charge in [0.25, 0.3) is 6.01 Å². The zero-order chi connectivity index (χ0) is 13.9. The van der Waals surface area contributed by atoms with Crippen LogP contribution in [0.1, 0.15) is 12.5 Å². The number of fused-ring (bicyclic) bond motifs is 1. The highest BCUT2D eigenvalue weighted by atomic mass is 16.4. The molecule has 2 N–H and O–H groups in total. The fourth-order valence-electron chi connectivity index (χ4n) is 2.15. The van der Waals surface area contributed by atoms with Gasteiger partial charge in [-0.3, -0.25) is 0 Å². The molecule has 1 aromatic heterocycles. The quantitative estimate of drug-likeness (QED) is 0.736. The summed E-state index contributed by atoms with van der Waals surface area (Å²) in [5.41, 5.74) is 9.37. The van der Waals surface area contributed by atoms with Crippen LogP contribution in [0.15, 0.2) is 52.9 Å². The molecular formula is C16H17N3O. The SMILES string of the molecule is CCN(Cc1ccc(N)cc1)c1nc2ccccc2o1. The van der Waals surface area contributed by atoms with Gasteiger partial charge in [-0.15, -0.1) is 0 Å². The van der Waals surface area contributed by atoms with Crippen LogP contribution in [0.4, 0.5) is 11.7 Å². The maximum Gasteiger partial charge on any atom is 0.298 e. The molecule has 3 aromatic rings. The fourth-order valence-corrected chi connectivity index (χ4v) is 2.15. The number of nitrogens with zero attached hydrogens (tertiary/aromatic N) is 2. The molecule has 0 fully saturated rings. The molecule has 3 rings (SSSR count).